The molecular weight excluding hydrogens is 419 g/mol. The second kappa shape index (κ2) is 9.88. The molecule has 0 bridgehead atoms. The molecule has 0 radical (unpaired) electrons. The van der Waals surface area contributed by atoms with Crippen LogP contribution in [0.2, 0.25) is 10.0 Å². The van der Waals surface area contributed by atoms with Crippen LogP contribution >= 0.6 is 23.2 Å². The van der Waals surface area contributed by atoms with E-state index in [1.54, 1.807) is 30.3 Å². The number of rotatable bonds is 7. The van der Waals surface area contributed by atoms with Crippen LogP contribution in [0.1, 0.15) is 25.2 Å². The largest absolute Gasteiger partial charge is 0.457 e. The lowest BCUT2D eigenvalue weighted by molar-refractivity contribution is -0.111. The molecular formula is C24H24Cl2N2O2. The van der Waals surface area contributed by atoms with Crippen LogP contribution in [0.4, 0.5) is 11.4 Å². The summed E-state index contributed by atoms with van der Waals surface area (Å²) in [6.45, 7) is 8.12. The van der Waals surface area contributed by atoms with Crippen molar-refractivity contribution in [3.05, 3.63) is 76.0 Å². The molecule has 30 heavy (non-hydrogen) atoms. The molecule has 0 aliphatic carbocycles. The molecule has 0 unspecified atom stereocenters. The van der Waals surface area contributed by atoms with Gasteiger partial charge in [-0.1, -0.05) is 23.2 Å². The van der Waals surface area contributed by atoms with E-state index in [-0.39, 0.29) is 5.91 Å². The van der Waals surface area contributed by atoms with E-state index in [9.17, 15) is 4.79 Å². The van der Waals surface area contributed by atoms with Gasteiger partial charge in [0.05, 0.1) is 0 Å². The van der Waals surface area contributed by atoms with Crippen molar-refractivity contribution in [1.29, 1.82) is 0 Å². The number of nitrogens with one attached hydrogen (secondary N) is 1. The van der Waals surface area contributed by atoms with Gasteiger partial charge in [0, 0.05) is 46.1 Å². The third-order valence-corrected chi connectivity index (χ3v) is 5.21. The van der Waals surface area contributed by atoms with Crippen LogP contribution in [0.5, 0.6) is 0 Å². The Hall–Kier alpha value is -2.69. The lowest BCUT2D eigenvalue weighted by atomic mass is 10.1. The first kappa shape index (κ1) is 22.0. The summed E-state index contributed by atoms with van der Waals surface area (Å²) in [7, 11) is 0. The number of furan rings is 1. The zero-order valence-electron chi connectivity index (χ0n) is 17.2. The Balaban J connectivity index is 1.67. The van der Waals surface area contributed by atoms with Gasteiger partial charge >= 0.3 is 0 Å². The molecule has 1 heterocycles. The number of hydrogen-bond acceptors (Lipinski definition) is 3. The van der Waals surface area contributed by atoms with Gasteiger partial charge in [-0.3, -0.25) is 4.79 Å². The fraction of sp³-hybridized carbons (Fsp3) is 0.208. The Kier molecular flexibility index (Phi) is 7.24. The zero-order valence-corrected chi connectivity index (χ0v) is 18.7. The van der Waals surface area contributed by atoms with E-state index >= 15 is 0 Å². The predicted molar refractivity (Wildman–Crippen MR) is 127 cm³/mol. The monoisotopic (exact) mass is 442 g/mol. The van der Waals surface area contributed by atoms with Gasteiger partial charge < -0.3 is 14.6 Å². The van der Waals surface area contributed by atoms with Gasteiger partial charge in [-0.05, 0) is 80.9 Å². The standard InChI is InChI=1S/C24H24Cl2N2O2/c1-4-28(5-2)20-6-9-22(16(3)12-20)27-24(29)11-8-21-7-10-23(30-21)17-13-18(25)15-19(26)14-17/h6-15H,4-5H2,1-3H3,(H,27,29)/b11-8+. The minimum Gasteiger partial charge on any atom is -0.457 e. The van der Waals surface area contributed by atoms with Gasteiger partial charge in [-0.25, -0.2) is 0 Å². The second-order valence-corrected chi connectivity index (χ2v) is 7.73. The summed E-state index contributed by atoms with van der Waals surface area (Å²) in [5, 5.41) is 3.99. The molecule has 1 aromatic heterocycles. The van der Waals surface area contributed by atoms with Gasteiger partial charge in [0.25, 0.3) is 0 Å². The van der Waals surface area contributed by atoms with Crippen LogP contribution in [0, 0.1) is 6.92 Å². The molecule has 6 heteroatoms. The van der Waals surface area contributed by atoms with Crippen LogP contribution < -0.4 is 10.2 Å². The van der Waals surface area contributed by atoms with Crippen LogP contribution in [-0.4, -0.2) is 19.0 Å². The fourth-order valence-electron chi connectivity index (χ4n) is 3.20. The minimum absolute atomic E-state index is 0.225. The summed E-state index contributed by atoms with van der Waals surface area (Å²) >= 11 is 12.1. The molecule has 3 aromatic rings. The van der Waals surface area contributed by atoms with Crippen molar-refractivity contribution >= 4 is 46.6 Å². The van der Waals surface area contributed by atoms with E-state index in [0.29, 0.717) is 21.6 Å². The molecule has 0 fully saturated rings. The van der Waals surface area contributed by atoms with Crippen LogP contribution in [0.3, 0.4) is 0 Å². The summed E-state index contributed by atoms with van der Waals surface area (Å²) in [5.41, 5.74) is 3.73. The van der Waals surface area contributed by atoms with Crippen molar-refractivity contribution in [2.75, 3.05) is 23.3 Å². The summed E-state index contributed by atoms with van der Waals surface area (Å²) in [4.78, 5) is 14.6. The molecule has 0 atom stereocenters. The number of halogens is 2. The molecule has 0 spiro atoms. The smallest absolute Gasteiger partial charge is 0.248 e. The maximum absolute atomic E-state index is 12.4. The SMILES string of the molecule is CCN(CC)c1ccc(NC(=O)/C=C/c2ccc(-c3cc(Cl)cc(Cl)c3)o2)c(C)c1. The molecule has 0 aliphatic rings. The fourth-order valence-corrected chi connectivity index (χ4v) is 3.73. The van der Waals surface area contributed by atoms with Gasteiger partial charge in [0.1, 0.15) is 11.5 Å². The van der Waals surface area contributed by atoms with E-state index in [4.69, 9.17) is 27.6 Å². The predicted octanol–water partition coefficient (Wildman–Crippen LogP) is 7.06. The maximum atomic E-state index is 12.4. The zero-order chi connectivity index (χ0) is 21.7. The number of carbonyl (C=O) groups is 1. The maximum Gasteiger partial charge on any atom is 0.248 e. The first-order valence-corrected chi connectivity index (χ1v) is 10.6. The Morgan fingerprint density at radius 3 is 2.37 bits per heavy atom. The van der Waals surface area contributed by atoms with E-state index in [1.807, 2.05) is 25.1 Å². The molecule has 0 saturated heterocycles. The van der Waals surface area contributed by atoms with Gasteiger partial charge in [-0.2, -0.15) is 0 Å². The van der Waals surface area contributed by atoms with Gasteiger partial charge in [-0.15, -0.1) is 0 Å². The number of benzene rings is 2. The molecule has 0 aliphatic heterocycles. The Bertz CT molecular complexity index is 1050. The lowest BCUT2D eigenvalue weighted by Gasteiger charge is -2.22. The average Bonchev–Trinajstić information content (AvgIpc) is 3.18. The molecule has 156 valence electrons. The van der Waals surface area contributed by atoms with Crippen LogP contribution in [0.25, 0.3) is 17.4 Å². The second-order valence-electron chi connectivity index (χ2n) is 6.85. The van der Waals surface area contributed by atoms with E-state index < -0.39 is 0 Å². The van der Waals surface area contributed by atoms with Crippen molar-refractivity contribution in [3.8, 4) is 11.3 Å². The molecule has 1 N–H and O–H groups in total. The van der Waals surface area contributed by atoms with Crippen LogP contribution in [-0.2, 0) is 4.79 Å². The third kappa shape index (κ3) is 5.47. The first-order chi connectivity index (χ1) is 14.4. The van der Waals surface area contributed by atoms with E-state index in [0.717, 1.165) is 35.6 Å². The first-order valence-electron chi connectivity index (χ1n) is 9.80. The highest BCUT2D eigenvalue weighted by Gasteiger charge is 2.08. The van der Waals surface area contributed by atoms with Crippen molar-refractivity contribution in [3.63, 3.8) is 0 Å². The molecule has 2 aromatic carbocycles. The number of amides is 1. The number of hydrogen-bond donors (Lipinski definition) is 1. The Morgan fingerprint density at radius 1 is 1.03 bits per heavy atom. The Labute approximate surface area is 187 Å². The topological polar surface area (TPSA) is 45.5 Å². The number of anilines is 2. The summed E-state index contributed by atoms with van der Waals surface area (Å²) < 4.78 is 5.78. The highest BCUT2D eigenvalue weighted by molar-refractivity contribution is 6.35. The van der Waals surface area contributed by atoms with Gasteiger partial charge in [0.2, 0.25) is 5.91 Å². The van der Waals surface area contributed by atoms with E-state index in [1.165, 1.54) is 6.08 Å². The number of carbonyl (C=O) groups excluding carboxylic acids is 1. The van der Waals surface area contributed by atoms with Crippen molar-refractivity contribution in [1.82, 2.24) is 0 Å². The number of aryl methyl sites for hydroxylation is 1. The lowest BCUT2D eigenvalue weighted by Crippen LogP contribution is -2.22. The summed E-state index contributed by atoms with van der Waals surface area (Å²) in [6.07, 6.45) is 3.08. The van der Waals surface area contributed by atoms with Crippen molar-refractivity contribution in [2.45, 2.75) is 20.8 Å². The summed E-state index contributed by atoms with van der Waals surface area (Å²) in [6, 6.07) is 14.9. The minimum atomic E-state index is -0.225. The molecule has 1 amide bonds. The third-order valence-electron chi connectivity index (χ3n) is 4.77. The highest BCUT2D eigenvalue weighted by atomic mass is 35.5. The van der Waals surface area contributed by atoms with Crippen LogP contribution in [0.15, 0.2) is 59.0 Å². The molecule has 3 rings (SSSR count). The quantitative estimate of drug-likeness (QED) is 0.398. The molecule has 0 saturated carbocycles. The van der Waals surface area contributed by atoms with Crippen molar-refractivity contribution in [2.24, 2.45) is 0 Å². The average molecular weight is 443 g/mol. The number of nitrogens with zero attached hydrogens (tertiary/aromatic N) is 1. The normalized spacial score (nSPS) is 11.1. The van der Waals surface area contributed by atoms with Crippen molar-refractivity contribution < 1.29 is 9.21 Å². The Morgan fingerprint density at radius 2 is 1.73 bits per heavy atom. The molecule has 4 nitrogen and oxygen atoms in total. The summed E-state index contributed by atoms with van der Waals surface area (Å²) in [5.74, 6) is 0.963. The van der Waals surface area contributed by atoms with Gasteiger partial charge in [0.15, 0.2) is 0 Å². The highest BCUT2D eigenvalue weighted by Crippen LogP contribution is 2.29. The van der Waals surface area contributed by atoms with E-state index in [2.05, 4.69) is 30.1 Å².